The third-order valence-corrected chi connectivity index (χ3v) is 6.58. The molecular weight excluding hydrogens is 294 g/mol. The van der Waals surface area contributed by atoms with Crippen LogP contribution in [-0.4, -0.2) is 10.7 Å². The Bertz CT molecular complexity index is 529. The topological polar surface area (TPSA) is 12.9 Å². The Kier molecular flexibility index (Phi) is 4.15. The molecule has 3 heterocycles. The predicted molar refractivity (Wildman–Crippen MR) is 85.4 cm³/mol. The van der Waals surface area contributed by atoms with Crippen LogP contribution < -0.4 is 0 Å². The minimum absolute atomic E-state index is 0.0236. The first-order valence-electron chi connectivity index (χ1n) is 6.50. The average Bonchev–Trinajstić information content (AvgIpc) is 2.90. The van der Waals surface area contributed by atoms with Crippen molar-refractivity contribution in [1.29, 1.82) is 0 Å². The van der Waals surface area contributed by atoms with Crippen molar-refractivity contribution in [2.24, 2.45) is 0 Å². The van der Waals surface area contributed by atoms with Crippen LogP contribution in [0, 0.1) is 0 Å². The summed E-state index contributed by atoms with van der Waals surface area (Å²) in [5.74, 6) is 2.64. The Morgan fingerprint density at radius 1 is 1.37 bits per heavy atom. The van der Waals surface area contributed by atoms with Gasteiger partial charge in [-0.1, -0.05) is 13.0 Å². The van der Waals surface area contributed by atoms with E-state index in [1.54, 1.807) is 0 Å². The Morgan fingerprint density at radius 3 is 3.00 bits per heavy atom. The summed E-state index contributed by atoms with van der Waals surface area (Å²) in [6, 6.07) is 8.34. The second-order valence-electron chi connectivity index (χ2n) is 4.84. The normalized spacial score (nSPS) is 17.8. The molecule has 19 heavy (non-hydrogen) atoms. The van der Waals surface area contributed by atoms with E-state index in [4.69, 9.17) is 11.6 Å². The van der Waals surface area contributed by atoms with Crippen molar-refractivity contribution in [3.05, 3.63) is 51.5 Å². The fourth-order valence-electron chi connectivity index (χ4n) is 2.35. The number of thiophene rings is 1. The highest BCUT2D eigenvalue weighted by Crippen LogP contribution is 2.42. The molecule has 0 aromatic carbocycles. The first-order chi connectivity index (χ1) is 9.25. The van der Waals surface area contributed by atoms with Crippen molar-refractivity contribution in [3.8, 4) is 0 Å². The average molecular weight is 310 g/mol. The molecule has 2 aromatic rings. The van der Waals surface area contributed by atoms with Crippen LogP contribution >= 0.6 is 34.7 Å². The highest BCUT2D eigenvalue weighted by molar-refractivity contribution is 7.98. The Morgan fingerprint density at radius 2 is 2.26 bits per heavy atom. The van der Waals surface area contributed by atoms with Crippen LogP contribution in [0.3, 0.4) is 0 Å². The van der Waals surface area contributed by atoms with E-state index in [0.29, 0.717) is 0 Å². The lowest BCUT2D eigenvalue weighted by Crippen LogP contribution is -2.02. The maximum Gasteiger partial charge on any atom is 0.0759 e. The van der Waals surface area contributed by atoms with E-state index in [-0.39, 0.29) is 11.3 Å². The van der Waals surface area contributed by atoms with Gasteiger partial charge in [0.1, 0.15) is 0 Å². The van der Waals surface area contributed by atoms with Gasteiger partial charge in [-0.3, -0.25) is 4.98 Å². The molecule has 0 radical (unpaired) electrons. The molecule has 0 saturated heterocycles. The van der Waals surface area contributed by atoms with E-state index in [9.17, 15) is 0 Å². The second-order valence-corrected chi connectivity index (χ2v) is 7.59. The molecule has 0 fully saturated rings. The number of halogens is 1. The molecule has 1 aliphatic heterocycles. The molecule has 3 rings (SSSR count). The summed E-state index contributed by atoms with van der Waals surface area (Å²) in [4.78, 5) is 7.26. The van der Waals surface area contributed by atoms with Crippen molar-refractivity contribution >= 4 is 34.7 Å². The van der Waals surface area contributed by atoms with E-state index >= 15 is 0 Å². The number of hydrogen-bond donors (Lipinski definition) is 0. The quantitative estimate of drug-likeness (QED) is 0.739. The van der Waals surface area contributed by atoms with Crippen molar-refractivity contribution in [3.63, 3.8) is 0 Å². The number of thioether (sulfide) groups is 1. The second kappa shape index (κ2) is 5.86. The van der Waals surface area contributed by atoms with Crippen LogP contribution in [0.25, 0.3) is 0 Å². The Labute approximate surface area is 127 Å². The number of fused-ring (bicyclic) bond motifs is 1. The minimum Gasteiger partial charge on any atom is -0.261 e. The number of hydrogen-bond acceptors (Lipinski definition) is 3. The monoisotopic (exact) mass is 309 g/mol. The molecular formula is C15H16ClNS2. The lowest BCUT2D eigenvalue weighted by Gasteiger charge is -2.16. The fraction of sp³-hybridized carbons (Fsp3) is 0.400. The van der Waals surface area contributed by atoms with Crippen molar-refractivity contribution in [2.75, 3.05) is 5.75 Å². The molecule has 1 aliphatic rings. The molecule has 0 N–H and O–H groups in total. The SMILES string of the molecule is CC(c1ccccn1)C(Cl)c1cc2c(s1)CCSC2. The van der Waals surface area contributed by atoms with Gasteiger partial charge in [-0.05, 0) is 35.9 Å². The zero-order chi connectivity index (χ0) is 13.2. The van der Waals surface area contributed by atoms with Crippen LogP contribution in [0.15, 0.2) is 30.5 Å². The summed E-state index contributed by atoms with van der Waals surface area (Å²) >= 11 is 10.6. The Hall–Kier alpha value is -0.510. The third-order valence-electron chi connectivity index (χ3n) is 3.51. The van der Waals surface area contributed by atoms with Gasteiger partial charge in [0.25, 0.3) is 0 Å². The van der Waals surface area contributed by atoms with Crippen LogP contribution in [0.4, 0.5) is 0 Å². The summed E-state index contributed by atoms with van der Waals surface area (Å²) in [5, 5.41) is 0.0236. The molecule has 2 unspecified atom stereocenters. The first kappa shape index (κ1) is 13.5. The molecule has 2 aromatic heterocycles. The summed E-state index contributed by atoms with van der Waals surface area (Å²) in [6.07, 6.45) is 3.04. The van der Waals surface area contributed by atoms with E-state index < -0.39 is 0 Å². The maximum absolute atomic E-state index is 6.67. The number of pyridine rings is 1. The highest BCUT2D eigenvalue weighted by atomic mass is 35.5. The van der Waals surface area contributed by atoms with Gasteiger partial charge < -0.3 is 0 Å². The third kappa shape index (κ3) is 2.83. The molecule has 0 saturated carbocycles. The van der Waals surface area contributed by atoms with Crippen molar-refractivity contribution in [2.45, 2.75) is 30.4 Å². The van der Waals surface area contributed by atoms with Gasteiger partial charge in [0.15, 0.2) is 0 Å². The summed E-state index contributed by atoms with van der Waals surface area (Å²) in [7, 11) is 0. The summed E-state index contributed by atoms with van der Waals surface area (Å²) in [5.41, 5.74) is 2.57. The zero-order valence-electron chi connectivity index (χ0n) is 10.8. The molecule has 2 atom stereocenters. The number of rotatable bonds is 3. The zero-order valence-corrected chi connectivity index (χ0v) is 13.2. The summed E-state index contributed by atoms with van der Waals surface area (Å²) in [6.45, 7) is 2.16. The van der Waals surface area contributed by atoms with Gasteiger partial charge in [-0.25, -0.2) is 0 Å². The van der Waals surface area contributed by atoms with E-state index in [2.05, 4.69) is 24.0 Å². The molecule has 100 valence electrons. The van der Waals surface area contributed by atoms with Crippen LogP contribution in [0.2, 0.25) is 0 Å². The molecule has 0 spiro atoms. The number of aromatic nitrogens is 1. The van der Waals surface area contributed by atoms with Gasteiger partial charge in [0.2, 0.25) is 0 Å². The van der Waals surface area contributed by atoms with Crippen molar-refractivity contribution in [1.82, 2.24) is 4.98 Å². The fourth-order valence-corrected chi connectivity index (χ4v) is 5.13. The number of alkyl halides is 1. The molecule has 0 amide bonds. The Balaban J connectivity index is 1.83. The van der Waals surface area contributed by atoms with Crippen LogP contribution in [0.1, 0.15) is 39.2 Å². The largest absolute Gasteiger partial charge is 0.261 e. The molecule has 0 aliphatic carbocycles. The predicted octanol–water partition coefficient (Wildman–Crippen LogP) is 5.02. The highest BCUT2D eigenvalue weighted by Gasteiger charge is 2.23. The van der Waals surface area contributed by atoms with Gasteiger partial charge in [0.05, 0.1) is 5.38 Å². The number of nitrogens with zero attached hydrogens (tertiary/aromatic N) is 1. The maximum atomic E-state index is 6.67. The van der Waals surface area contributed by atoms with Crippen LogP contribution in [0.5, 0.6) is 0 Å². The van der Waals surface area contributed by atoms with E-state index in [0.717, 1.165) is 11.4 Å². The molecule has 4 heteroatoms. The van der Waals surface area contributed by atoms with E-state index in [1.807, 2.05) is 41.4 Å². The molecule has 1 nitrogen and oxygen atoms in total. The first-order valence-corrected chi connectivity index (χ1v) is 8.90. The lowest BCUT2D eigenvalue weighted by molar-refractivity contribution is 0.715. The smallest absolute Gasteiger partial charge is 0.0759 e. The summed E-state index contributed by atoms with van der Waals surface area (Å²) < 4.78 is 0. The van der Waals surface area contributed by atoms with Crippen LogP contribution in [-0.2, 0) is 12.2 Å². The van der Waals surface area contributed by atoms with Crippen molar-refractivity contribution < 1.29 is 0 Å². The van der Waals surface area contributed by atoms with Gasteiger partial charge >= 0.3 is 0 Å². The van der Waals surface area contributed by atoms with Gasteiger partial charge in [0, 0.05) is 33.3 Å². The minimum atomic E-state index is 0.0236. The lowest BCUT2D eigenvalue weighted by atomic mass is 10.0. The standard InChI is InChI=1S/C15H16ClNS2/c1-10(12-4-2-3-6-17-12)15(16)14-8-11-9-18-7-5-13(11)19-14/h2-4,6,8,10,15H,5,7,9H2,1H3. The number of aryl methyl sites for hydroxylation is 1. The molecule has 0 bridgehead atoms. The van der Waals surface area contributed by atoms with Gasteiger partial charge in [-0.15, -0.1) is 22.9 Å². The van der Waals surface area contributed by atoms with Gasteiger partial charge in [-0.2, -0.15) is 11.8 Å². The van der Waals surface area contributed by atoms with E-state index in [1.165, 1.54) is 27.5 Å².